The summed E-state index contributed by atoms with van der Waals surface area (Å²) in [5, 5.41) is 21.5. The van der Waals surface area contributed by atoms with E-state index in [-0.39, 0.29) is 11.4 Å². The molecule has 3 aromatic heterocycles. The van der Waals surface area contributed by atoms with E-state index in [0.29, 0.717) is 23.1 Å². The van der Waals surface area contributed by atoms with Gasteiger partial charge in [0.2, 0.25) is 0 Å². The standard InChI is InChI=1S/C67H50N2OS3/c1-38-13-22-44(23-14-38)66(45-24-15-39(2)16-25-45)54-35-53-55(34-52(54)61-59(66)51-30-21-42(5)32-56(51)72-61)67(46-26-17-40(3)18-27-46,47-28-19-41(4)20-29-47)60-62(53)73-57-33-48(71-63(57)60)10-9-31-65(6)58(43(36-68)37-69)49-11-7-8-12-50(49)64(65)70/h7-8,11-30,32-35H,9-10,31H2,1-6H3. The van der Waals surface area contributed by atoms with Crippen LogP contribution in [0.2, 0.25) is 0 Å². The molecule has 10 aromatic rings. The highest BCUT2D eigenvalue weighted by Gasteiger charge is 2.54. The molecule has 0 bridgehead atoms. The quantitative estimate of drug-likeness (QED) is 0.143. The molecule has 0 spiro atoms. The van der Waals surface area contributed by atoms with E-state index in [2.05, 4.69) is 180 Å². The summed E-state index contributed by atoms with van der Waals surface area (Å²) in [6.45, 7) is 12.9. The van der Waals surface area contributed by atoms with Crippen LogP contribution in [0.1, 0.15) is 113 Å². The Morgan fingerprint density at radius 1 is 0.507 bits per heavy atom. The van der Waals surface area contributed by atoms with E-state index in [0.717, 1.165) is 12.8 Å². The molecule has 3 nitrogen and oxygen atoms in total. The third kappa shape index (κ3) is 6.34. The van der Waals surface area contributed by atoms with E-state index in [1.807, 2.05) is 65.2 Å². The molecule has 13 rings (SSSR count). The van der Waals surface area contributed by atoms with Crippen LogP contribution >= 0.6 is 34.0 Å². The average molecular weight is 995 g/mol. The Kier molecular flexibility index (Phi) is 10.3. The molecule has 0 amide bonds. The number of Topliss-reactive ketones (excluding diaryl/α,β-unsaturated/α-hetero) is 1. The Hall–Kier alpha value is -7.45. The predicted octanol–water partition coefficient (Wildman–Crippen LogP) is 17.5. The van der Waals surface area contributed by atoms with Gasteiger partial charge in [-0.05, 0) is 152 Å². The van der Waals surface area contributed by atoms with Gasteiger partial charge >= 0.3 is 0 Å². The van der Waals surface area contributed by atoms with E-state index in [1.165, 1.54) is 118 Å². The second-order valence-electron chi connectivity index (χ2n) is 21.0. The number of rotatable bonds is 8. The molecule has 1 atom stereocenters. The number of hydrogen-bond donors (Lipinski definition) is 0. The third-order valence-electron chi connectivity index (χ3n) is 16.5. The lowest BCUT2D eigenvalue weighted by Gasteiger charge is -2.36. The summed E-state index contributed by atoms with van der Waals surface area (Å²) >= 11 is 5.75. The minimum absolute atomic E-state index is 0.0108. The average Bonchev–Trinajstić information content (AvgIpc) is 4.24. The number of nitriles is 2. The van der Waals surface area contributed by atoms with Crippen LogP contribution in [0.3, 0.4) is 0 Å². The van der Waals surface area contributed by atoms with Crippen molar-refractivity contribution in [2.24, 2.45) is 5.41 Å². The van der Waals surface area contributed by atoms with Crippen molar-refractivity contribution in [3.8, 4) is 33.0 Å². The molecule has 352 valence electrons. The van der Waals surface area contributed by atoms with Gasteiger partial charge in [-0.15, -0.1) is 34.0 Å². The topological polar surface area (TPSA) is 64.7 Å². The summed E-state index contributed by atoms with van der Waals surface area (Å²) in [7, 11) is 0. The Bertz CT molecular complexity index is 3980. The number of carbonyl (C=O) groups excluding carboxylic acids is 1. The number of ketones is 1. The van der Waals surface area contributed by atoms with Crippen LogP contribution in [-0.4, -0.2) is 5.78 Å². The summed E-state index contributed by atoms with van der Waals surface area (Å²) in [5.41, 5.74) is 18.9. The number of carbonyl (C=O) groups is 1. The highest BCUT2D eigenvalue weighted by Crippen LogP contribution is 2.67. The van der Waals surface area contributed by atoms with Crippen LogP contribution in [0.4, 0.5) is 0 Å². The van der Waals surface area contributed by atoms with Gasteiger partial charge in [0.25, 0.3) is 0 Å². The summed E-state index contributed by atoms with van der Waals surface area (Å²) in [4.78, 5) is 18.1. The van der Waals surface area contributed by atoms with Crippen molar-refractivity contribution in [3.05, 3.63) is 252 Å². The molecule has 7 aromatic carbocycles. The molecule has 0 aliphatic heterocycles. The largest absolute Gasteiger partial charge is 0.293 e. The Morgan fingerprint density at radius 3 is 1.49 bits per heavy atom. The molecule has 3 aliphatic rings. The van der Waals surface area contributed by atoms with Gasteiger partial charge in [0, 0.05) is 40.7 Å². The number of allylic oxidation sites excluding steroid dienone is 2. The maximum absolute atomic E-state index is 14.2. The fraction of sp³-hybridized carbons (Fsp3) is 0.179. The van der Waals surface area contributed by atoms with Crippen molar-refractivity contribution in [1.29, 1.82) is 10.5 Å². The monoisotopic (exact) mass is 994 g/mol. The lowest BCUT2D eigenvalue weighted by atomic mass is 9.65. The van der Waals surface area contributed by atoms with Crippen molar-refractivity contribution in [3.63, 3.8) is 0 Å². The molecule has 0 N–H and O–H groups in total. The SMILES string of the molecule is Cc1ccc(C2(c3ccc(C)cc3)c3cc4c(cc3-c3sc5cc(C)ccc5c32)C(c2ccc(C)cc2)(c2ccc(C)cc2)c2c-4sc3cc(CCCC4(C)C(=O)c5ccccc5C4=C(C#N)C#N)sc23)cc1. The molecule has 1 unspecified atom stereocenters. The van der Waals surface area contributed by atoms with Gasteiger partial charge in [-0.1, -0.05) is 156 Å². The van der Waals surface area contributed by atoms with Gasteiger partial charge in [-0.3, -0.25) is 4.79 Å². The highest BCUT2D eigenvalue weighted by molar-refractivity contribution is 7.30. The Labute approximate surface area is 439 Å². The number of hydrogen-bond acceptors (Lipinski definition) is 6. The van der Waals surface area contributed by atoms with E-state index < -0.39 is 16.2 Å². The Balaban J connectivity index is 1.05. The first-order valence-corrected chi connectivity index (χ1v) is 27.6. The molecule has 0 radical (unpaired) electrons. The predicted molar refractivity (Wildman–Crippen MR) is 303 cm³/mol. The van der Waals surface area contributed by atoms with Gasteiger partial charge in [-0.2, -0.15) is 10.5 Å². The minimum atomic E-state index is -0.964. The molecule has 3 aliphatic carbocycles. The van der Waals surface area contributed by atoms with Gasteiger partial charge in [0.1, 0.15) is 17.7 Å². The van der Waals surface area contributed by atoms with Crippen molar-refractivity contribution >= 4 is 64.9 Å². The first-order chi connectivity index (χ1) is 35.4. The van der Waals surface area contributed by atoms with Gasteiger partial charge in [0.15, 0.2) is 5.78 Å². The van der Waals surface area contributed by atoms with Crippen LogP contribution in [0.15, 0.2) is 163 Å². The second-order valence-corrected chi connectivity index (χ2v) is 24.2. The summed E-state index contributed by atoms with van der Waals surface area (Å²) < 4.78 is 3.89. The van der Waals surface area contributed by atoms with Gasteiger partial charge in [0.05, 0.1) is 20.9 Å². The van der Waals surface area contributed by atoms with E-state index >= 15 is 0 Å². The Morgan fingerprint density at radius 2 is 0.973 bits per heavy atom. The fourth-order valence-electron chi connectivity index (χ4n) is 13.0. The molecule has 0 fully saturated rings. The fourth-order valence-corrected chi connectivity index (χ4v) is 17.2. The molecule has 0 saturated carbocycles. The van der Waals surface area contributed by atoms with Crippen molar-refractivity contribution in [1.82, 2.24) is 0 Å². The molecular weight excluding hydrogens is 945 g/mol. The molecular formula is C67H50N2OS3. The van der Waals surface area contributed by atoms with Gasteiger partial charge < -0.3 is 0 Å². The normalized spacial score (nSPS) is 16.5. The number of aryl methyl sites for hydroxylation is 6. The zero-order chi connectivity index (χ0) is 50.1. The number of benzene rings is 7. The molecule has 0 saturated heterocycles. The maximum atomic E-state index is 14.2. The zero-order valence-corrected chi connectivity index (χ0v) is 44.1. The zero-order valence-electron chi connectivity index (χ0n) is 41.7. The lowest BCUT2D eigenvalue weighted by Crippen LogP contribution is -2.30. The molecule has 3 heterocycles. The van der Waals surface area contributed by atoms with Crippen LogP contribution < -0.4 is 0 Å². The van der Waals surface area contributed by atoms with E-state index in [4.69, 9.17) is 0 Å². The van der Waals surface area contributed by atoms with Crippen LogP contribution in [-0.2, 0) is 17.3 Å². The first kappa shape index (κ1) is 45.4. The van der Waals surface area contributed by atoms with Crippen molar-refractivity contribution in [2.75, 3.05) is 0 Å². The first-order valence-electron chi connectivity index (χ1n) is 25.2. The van der Waals surface area contributed by atoms with Crippen LogP contribution in [0.25, 0.3) is 45.9 Å². The number of nitrogens with zero attached hydrogens (tertiary/aromatic N) is 2. The summed E-state index contributed by atoms with van der Waals surface area (Å²) in [6.07, 6.45) is 2.03. The maximum Gasteiger partial charge on any atom is 0.173 e. The smallest absolute Gasteiger partial charge is 0.173 e. The van der Waals surface area contributed by atoms with Crippen LogP contribution in [0, 0.1) is 62.7 Å². The molecule has 73 heavy (non-hydrogen) atoms. The second kappa shape index (κ2) is 16.5. The summed E-state index contributed by atoms with van der Waals surface area (Å²) in [6, 6.07) is 63.6. The lowest BCUT2D eigenvalue weighted by molar-refractivity contribution is 0.0880. The number of thiophene rings is 3. The van der Waals surface area contributed by atoms with E-state index in [1.54, 1.807) is 0 Å². The van der Waals surface area contributed by atoms with Crippen molar-refractivity contribution < 1.29 is 4.79 Å². The van der Waals surface area contributed by atoms with E-state index in [9.17, 15) is 15.3 Å². The van der Waals surface area contributed by atoms with Gasteiger partial charge in [-0.25, -0.2) is 0 Å². The highest BCUT2D eigenvalue weighted by atomic mass is 32.1. The number of fused-ring (bicyclic) bond motifs is 11. The van der Waals surface area contributed by atoms with Crippen molar-refractivity contribution in [2.45, 2.75) is 71.6 Å². The van der Waals surface area contributed by atoms with Crippen LogP contribution in [0.5, 0.6) is 0 Å². The minimum Gasteiger partial charge on any atom is -0.293 e. The third-order valence-corrected chi connectivity index (χ3v) is 20.2. The molecule has 6 heteroatoms. The summed E-state index contributed by atoms with van der Waals surface area (Å²) in [5.74, 6) is -0.0108.